The van der Waals surface area contributed by atoms with E-state index in [1.165, 1.54) is 25.1 Å². The Balaban J connectivity index is 2.12. The zero-order valence-corrected chi connectivity index (χ0v) is 18.9. The summed E-state index contributed by atoms with van der Waals surface area (Å²) in [5, 5.41) is 22.6. The molecule has 1 heterocycles. The number of nitro benzene ring substituents is 1. The molecule has 1 aromatic carbocycles. The minimum absolute atomic E-state index is 0.0360. The van der Waals surface area contributed by atoms with E-state index >= 15 is 0 Å². The number of amides is 1. The molecule has 1 aromatic heterocycles. The van der Waals surface area contributed by atoms with Gasteiger partial charge >= 0.3 is 5.97 Å². The number of nitrogens with one attached hydrogen (secondary N) is 1. The first-order valence-electron chi connectivity index (χ1n) is 9.83. The van der Waals surface area contributed by atoms with Crippen LogP contribution in [0.2, 0.25) is 5.02 Å². The second-order valence-electron chi connectivity index (χ2n) is 7.11. The Kier molecular flexibility index (Phi) is 8.15. The molecule has 0 spiro atoms. The van der Waals surface area contributed by atoms with Gasteiger partial charge in [0, 0.05) is 30.1 Å². The lowest BCUT2D eigenvalue weighted by atomic mass is 10.1. The van der Waals surface area contributed by atoms with Gasteiger partial charge in [-0.1, -0.05) is 18.5 Å². The molecule has 9 nitrogen and oxygen atoms in total. The fourth-order valence-electron chi connectivity index (χ4n) is 3.06. The van der Waals surface area contributed by atoms with Gasteiger partial charge in [0.2, 0.25) is 0 Å². The first-order chi connectivity index (χ1) is 15.1. The zero-order chi connectivity index (χ0) is 24.0. The maximum Gasteiger partial charge on any atom is 0.349 e. The second kappa shape index (κ2) is 10.6. The quantitative estimate of drug-likeness (QED) is 0.203. The number of hydrogen-bond acceptors (Lipinski definition) is 6. The number of ether oxygens (including phenoxy) is 1. The summed E-state index contributed by atoms with van der Waals surface area (Å²) in [5.74, 6) is -1.64. The molecule has 1 N–H and O–H groups in total. The van der Waals surface area contributed by atoms with Gasteiger partial charge < -0.3 is 14.6 Å². The average Bonchev–Trinajstić information content (AvgIpc) is 3.00. The average molecular weight is 459 g/mol. The minimum atomic E-state index is -1.24. The predicted molar refractivity (Wildman–Crippen MR) is 120 cm³/mol. The Morgan fingerprint density at radius 1 is 1.38 bits per heavy atom. The highest BCUT2D eigenvalue weighted by Gasteiger charge is 2.22. The monoisotopic (exact) mass is 458 g/mol. The number of hydrogen-bond donors (Lipinski definition) is 1. The topological polar surface area (TPSA) is 127 Å². The third-order valence-corrected chi connectivity index (χ3v) is 5.09. The summed E-state index contributed by atoms with van der Waals surface area (Å²) < 4.78 is 7.23. The van der Waals surface area contributed by atoms with Crippen LogP contribution in [0.25, 0.3) is 6.08 Å². The summed E-state index contributed by atoms with van der Waals surface area (Å²) in [7, 11) is 0. The van der Waals surface area contributed by atoms with Crippen molar-refractivity contribution in [2.75, 3.05) is 5.32 Å². The molecule has 0 aliphatic rings. The number of esters is 1. The highest BCUT2D eigenvalue weighted by molar-refractivity contribution is 6.34. The number of carbonyl (C=O) groups is 2. The largest absolute Gasteiger partial charge is 0.448 e. The van der Waals surface area contributed by atoms with E-state index in [4.69, 9.17) is 16.3 Å². The van der Waals surface area contributed by atoms with E-state index in [-0.39, 0.29) is 22.0 Å². The molecule has 2 rings (SSSR count). The molecule has 168 valence electrons. The fourth-order valence-corrected chi connectivity index (χ4v) is 3.29. The van der Waals surface area contributed by atoms with Gasteiger partial charge in [-0.25, -0.2) is 4.79 Å². The van der Waals surface area contributed by atoms with Crippen LogP contribution in [0.4, 0.5) is 11.4 Å². The lowest BCUT2D eigenvalue weighted by Gasteiger charge is -2.14. The SMILES string of the molecule is CCCn1c(C)cc(/C=C(\C#N)C(=O)OC(C)C(=O)Nc2ccc([N+](=O)[O-])cc2Cl)c1C. The maximum absolute atomic E-state index is 12.5. The van der Waals surface area contributed by atoms with Crippen molar-refractivity contribution in [3.63, 3.8) is 0 Å². The van der Waals surface area contributed by atoms with Crippen molar-refractivity contribution in [1.29, 1.82) is 5.26 Å². The molecule has 0 radical (unpaired) electrons. The molecule has 0 aliphatic heterocycles. The third kappa shape index (κ3) is 5.74. The molecule has 32 heavy (non-hydrogen) atoms. The highest BCUT2D eigenvalue weighted by atomic mass is 35.5. The number of carbonyl (C=O) groups excluding carboxylic acids is 2. The predicted octanol–water partition coefficient (Wildman–Crippen LogP) is 4.55. The minimum Gasteiger partial charge on any atom is -0.448 e. The maximum atomic E-state index is 12.5. The first kappa shape index (κ1) is 24.6. The number of anilines is 1. The molecule has 1 unspecified atom stereocenters. The number of non-ortho nitro benzene ring substituents is 1. The van der Waals surface area contributed by atoms with E-state index in [9.17, 15) is 25.0 Å². The summed E-state index contributed by atoms with van der Waals surface area (Å²) >= 11 is 5.96. The molecule has 1 atom stereocenters. The normalized spacial score (nSPS) is 12.1. The Labute approximate surface area is 190 Å². The number of nitro groups is 1. The third-order valence-electron chi connectivity index (χ3n) is 4.77. The van der Waals surface area contributed by atoms with Gasteiger partial charge in [0.25, 0.3) is 11.6 Å². The van der Waals surface area contributed by atoms with Crippen molar-refractivity contribution < 1.29 is 19.2 Å². The van der Waals surface area contributed by atoms with Gasteiger partial charge in [0.1, 0.15) is 11.6 Å². The Bertz CT molecular complexity index is 1130. The summed E-state index contributed by atoms with van der Waals surface area (Å²) in [6.07, 6.45) is 1.14. The van der Waals surface area contributed by atoms with E-state index < -0.39 is 22.9 Å². The van der Waals surface area contributed by atoms with Crippen molar-refractivity contribution in [2.24, 2.45) is 0 Å². The lowest BCUT2D eigenvalue weighted by Crippen LogP contribution is -2.30. The molecular formula is C22H23ClN4O5. The fraction of sp³-hybridized carbons (Fsp3) is 0.318. The van der Waals surface area contributed by atoms with Gasteiger partial charge in [0.15, 0.2) is 6.10 Å². The summed E-state index contributed by atoms with van der Waals surface area (Å²) in [4.78, 5) is 35.0. The molecular weight excluding hydrogens is 436 g/mol. The van der Waals surface area contributed by atoms with E-state index in [0.29, 0.717) is 0 Å². The van der Waals surface area contributed by atoms with Crippen LogP contribution in [-0.2, 0) is 20.9 Å². The Hall–Kier alpha value is -3.64. The van der Waals surface area contributed by atoms with Gasteiger partial charge in [-0.15, -0.1) is 0 Å². The van der Waals surface area contributed by atoms with Gasteiger partial charge in [-0.3, -0.25) is 14.9 Å². The van der Waals surface area contributed by atoms with Crippen molar-refractivity contribution in [3.05, 3.63) is 61.9 Å². The van der Waals surface area contributed by atoms with Crippen LogP contribution in [-0.4, -0.2) is 27.5 Å². The van der Waals surface area contributed by atoms with Crippen LogP contribution < -0.4 is 5.32 Å². The molecule has 2 aromatic rings. The lowest BCUT2D eigenvalue weighted by molar-refractivity contribution is -0.384. The van der Waals surface area contributed by atoms with E-state index in [0.717, 1.165) is 36.0 Å². The molecule has 10 heteroatoms. The Morgan fingerprint density at radius 2 is 2.06 bits per heavy atom. The number of halogens is 1. The van der Waals surface area contributed by atoms with Crippen LogP contribution in [0.15, 0.2) is 29.8 Å². The molecule has 0 aliphatic carbocycles. The smallest absolute Gasteiger partial charge is 0.349 e. The van der Waals surface area contributed by atoms with Crippen molar-refractivity contribution >= 4 is 40.9 Å². The zero-order valence-electron chi connectivity index (χ0n) is 18.1. The van der Waals surface area contributed by atoms with E-state index in [1.807, 2.05) is 26.0 Å². The summed E-state index contributed by atoms with van der Waals surface area (Å²) in [5.41, 5.74) is 2.31. The Morgan fingerprint density at radius 3 is 2.62 bits per heavy atom. The summed E-state index contributed by atoms with van der Waals surface area (Å²) in [6.45, 7) is 8.07. The number of aryl methyl sites for hydroxylation is 1. The van der Waals surface area contributed by atoms with Gasteiger partial charge in [0.05, 0.1) is 15.6 Å². The summed E-state index contributed by atoms with van der Waals surface area (Å²) in [6, 6.07) is 7.25. The van der Waals surface area contributed by atoms with Crippen molar-refractivity contribution in [1.82, 2.24) is 4.57 Å². The molecule has 1 amide bonds. The van der Waals surface area contributed by atoms with Crippen LogP contribution in [0, 0.1) is 35.3 Å². The number of rotatable bonds is 8. The molecule has 0 saturated carbocycles. The van der Waals surface area contributed by atoms with Gasteiger partial charge in [-0.05, 0) is 51.0 Å². The van der Waals surface area contributed by atoms with E-state index in [2.05, 4.69) is 16.8 Å². The van der Waals surface area contributed by atoms with Gasteiger partial charge in [-0.2, -0.15) is 5.26 Å². The van der Waals surface area contributed by atoms with E-state index in [1.54, 1.807) is 0 Å². The van der Waals surface area contributed by atoms with Crippen molar-refractivity contribution in [3.8, 4) is 6.07 Å². The van der Waals surface area contributed by atoms with Crippen LogP contribution >= 0.6 is 11.6 Å². The standard InChI is InChI=1S/C22H23ClN4O5/c1-5-8-26-13(2)9-16(14(26)3)10-17(12-24)22(29)32-15(4)21(28)25-20-7-6-18(27(30)31)11-19(20)23/h6-7,9-11,15H,5,8H2,1-4H3,(H,25,28)/b17-10+. The molecule has 0 saturated heterocycles. The number of aromatic nitrogens is 1. The number of nitriles is 1. The molecule has 0 bridgehead atoms. The van der Waals surface area contributed by atoms with Crippen LogP contribution in [0.3, 0.4) is 0 Å². The molecule has 0 fully saturated rings. The first-order valence-corrected chi connectivity index (χ1v) is 10.2. The number of nitrogens with zero attached hydrogens (tertiary/aromatic N) is 3. The van der Waals surface area contributed by atoms with Crippen LogP contribution in [0.1, 0.15) is 37.2 Å². The second-order valence-corrected chi connectivity index (χ2v) is 7.51. The van der Waals surface area contributed by atoms with Crippen molar-refractivity contribution in [2.45, 2.75) is 46.8 Å². The highest BCUT2D eigenvalue weighted by Crippen LogP contribution is 2.27. The van der Waals surface area contributed by atoms with Crippen LogP contribution in [0.5, 0.6) is 0 Å². The number of benzene rings is 1.